The maximum Gasteiger partial charge on any atom is 0.347 e. The molecule has 1 heterocycles. The molecule has 90 valence electrons. The number of likely N-dealkylation sites (tertiary alicyclic amines) is 1. The van der Waals surface area contributed by atoms with E-state index in [0.717, 1.165) is 25.2 Å². The summed E-state index contributed by atoms with van der Waals surface area (Å²) in [6, 6.07) is 5.92. The van der Waals surface area contributed by atoms with Crippen molar-refractivity contribution in [3.05, 3.63) is 24.3 Å². The zero-order valence-corrected chi connectivity index (χ0v) is 9.68. The van der Waals surface area contributed by atoms with Gasteiger partial charge in [-0.05, 0) is 30.7 Å². The first kappa shape index (κ1) is 11.4. The predicted octanol–water partition coefficient (Wildman–Crippen LogP) is 2.05. The van der Waals surface area contributed by atoms with Crippen molar-refractivity contribution in [2.75, 3.05) is 18.9 Å². The number of nitrogens with zero attached hydrogens (tertiary/aromatic N) is 2. The van der Waals surface area contributed by atoms with Crippen molar-refractivity contribution in [3.63, 3.8) is 0 Å². The molecule has 1 aromatic carbocycles. The molecular weight excluding hydrogens is 218 g/mol. The van der Waals surface area contributed by atoms with Crippen molar-refractivity contribution in [3.8, 4) is 5.75 Å². The number of aromatic hydroxyl groups is 1. The number of anilines is 1. The van der Waals surface area contributed by atoms with Gasteiger partial charge in [-0.1, -0.05) is 0 Å². The molecule has 0 aromatic heterocycles. The highest BCUT2D eigenvalue weighted by Gasteiger charge is 2.15. The molecular formula is C12H15N3O2. The molecule has 0 spiro atoms. The average Bonchev–Trinajstić information content (AvgIpc) is 2.68. The number of hydrogen-bond donors (Lipinski definition) is 2. The fraction of sp³-hybridized carbons (Fsp3) is 0.333. The Morgan fingerprint density at radius 3 is 2.71 bits per heavy atom. The van der Waals surface area contributed by atoms with Crippen LogP contribution >= 0.6 is 0 Å². The van der Waals surface area contributed by atoms with Crippen LogP contribution in [0, 0.1) is 0 Å². The largest absolute Gasteiger partial charge is 0.508 e. The molecule has 5 nitrogen and oxygen atoms in total. The Morgan fingerprint density at radius 2 is 2.12 bits per heavy atom. The van der Waals surface area contributed by atoms with Crippen LogP contribution in [-0.2, 0) is 0 Å². The first-order valence-corrected chi connectivity index (χ1v) is 5.54. The number of phenols is 1. The van der Waals surface area contributed by atoms with Crippen LogP contribution in [-0.4, -0.2) is 35.5 Å². The summed E-state index contributed by atoms with van der Waals surface area (Å²) in [5, 5.41) is 11.8. The maximum absolute atomic E-state index is 11.6. The molecule has 2 rings (SSSR count). The lowest BCUT2D eigenvalue weighted by Gasteiger charge is -2.10. The lowest BCUT2D eigenvalue weighted by molar-refractivity contribution is 0.259. The second-order valence-electron chi connectivity index (χ2n) is 4.03. The smallest absolute Gasteiger partial charge is 0.347 e. The van der Waals surface area contributed by atoms with Crippen molar-refractivity contribution >= 4 is 17.6 Å². The Kier molecular flexibility index (Phi) is 3.27. The van der Waals surface area contributed by atoms with E-state index >= 15 is 0 Å². The zero-order valence-electron chi connectivity index (χ0n) is 9.68. The molecule has 1 fully saturated rings. The molecule has 2 N–H and O–H groups in total. The standard InChI is InChI=1S/C12H15N3O2/c1-15-8-2-3-11(15)14-12(17)13-9-4-6-10(16)7-5-9/h4-7,16H,2-3,8H2,1H3,(H,13,17)/b14-11+. The summed E-state index contributed by atoms with van der Waals surface area (Å²) < 4.78 is 0. The number of amidine groups is 1. The minimum Gasteiger partial charge on any atom is -0.508 e. The number of amides is 2. The Hall–Kier alpha value is -2.04. The van der Waals surface area contributed by atoms with Gasteiger partial charge in [0.2, 0.25) is 0 Å². The van der Waals surface area contributed by atoms with Crippen LogP contribution in [0.2, 0.25) is 0 Å². The van der Waals surface area contributed by atoms with Gasteiger partial charge in [0.05, 0.1) is 0 Å². The van der Waals surface area contributed by atoms with Crippen LogP contribution in [0.5, 0.6) is 5.75 Å². The topological polar surface area (TPSA) is 64.9 Å². The third-order valence-electron chi connectivity index (χ3n) is 2.68. The summed E-state index contributed by atoms with van der Waals surface area (Å²) in [6.07, 6.45) is 1.89. The van der Waals surface area contributed by atoms with Crippen LogP contribution < -0.4 is 5.32 Å². The van der Waals surface area contributed by atoms with Crippen molar-refractivity contribution in [2.24, 2.45) is 4.99 Å². The first-order chi connectivity index (χ1) is 8.15. The van der Waals surface area contributed by atoms with Gasteiger partial charge in [0.1, 0.15) is 11.6 Å². The number of aliphatic imine (C=N–C) groups is 1. The van der Waals surface area contributed by atoms with E-state index in [0.29, 0.717) is 5.69 Å². The Labute approximate surface area is 99.8 Å². The van der Waals surface area contributed by atoms with Crippen LogP contribution in [0.3, 0.4) is 0 Å². The van der Waals surface area contributed by atoms with Gasteiger partial charge in [0, 0.05) is 25.7 Å². The number of carbonyl (C=O) groups is 1. The second kappa shape index (κ2) is 4.86. The quantitative estimate of drug-likeness (QED) is 0.729. The van der Waals surface area contributed by atoms with E-state index in [4.69, 9.17) is 5.11 Å². The van der Waals surface area contributed by atoms with E-state index in [1.165, 1.54) is 12.1 Å². The van der Waals surface area contributed by atoms with Gasteiger partial charge in [-0.25, -0.2) is 4.79 Å². The molecule has 0 bridgehead atoms. The van der Waals surface area contributed by atoms with Crippen molar-refractivity contribution in [1.82, 2.24) is 4.90 Å². The molecule has 1 aliphatic heterocycles. The van der Waals surface area contributed by atoms with Gasteiger partial charge in [0.15, 0.2) is 0 Å². The predicted molar refractivity (Wildman–Crippen MR) is 66.4 cm³/mol. The molecule has 0 atom stereocenters. The summed E-state index contributed by atoms with van der Waals surface area (Å²) in [5.41, 5.74) is 0.623. The number of benzene rings is 1. The third-order valence-corrected chi connectivity index (χ3v) is 2.68. The summed E-state index contributed by atoms with van der Waals surface area (Å²) in [6.45, 7) is 0.950. The lowest BCUT2D eigenvalue weighted by Crippen LogP contribution is -2.21. The van der Waals surface area contributed by atoms with Gasteiger partial charge in [0.25, 0.3) is 0 Å². The van der Waals surface area contributed by atoms with E-state index in [1.54, 1.807) is 12.1 Å². The molecule has 5 heteroatoms. The van der Waals surface area contributed by atoms with E-state index in [2.05, 4.69) is 10.3 Å². The molecule has 0 saturated carbocycles. The van der Waals surface area contributed by atoms with Gasteiger partial charge < -0.3 is 15.3 Å². The Morgan fingerprint density at radius 1 is 1.41 bits per heavy atom. The molecule has 0 aliphatic carbocycles. The van der Waals surface area contributed by atoms with Crippen LogP contribution in [0.15, 0.2) is 29.3 Å². The van der Waals surface area contributed by atoms with E-state index in [9.17, 15) is 4.79 Å². The van der Waals surface area contributed by atoms with E-state index < -0.39 is 0 Å². The summed E-state index contributed by atoms with van der Waals surface area (Å²) in [5.74, 6) is 0.992. The van der Waals surface area contributed by atoms with E-state index in [1.807, 2.05) is 11.9 Å². The monoisotopic (exact) mass is 233 g/mol. The molecule has 1 saturated heterocycles. The van der Waals surface area contributed by atoms with Crippen LogP contribution in [0.4, 0.5) is 10.5 Å². The van der Waals surface area contributed by atoms with Crippen LogP contribution in [0.1, 0.15) is 12.8 Å². The lowest BCUT2D eigenvalue weighted by atomic mass is 10.3. The van der Waals surface area contributed by atoms with Gasteiger partial charge in [-0.2, -0.15) is 4.99 Å². The fourth-order valence-electron chi connectivity index (χ4n) is 1.75. The SMILES string of the molecule is CN1CCC/C1=N\C(=O)Nc1ccc(O)cc1. The van der Waals surface area contributed by atoms with Crippen molar-refractivity contribution < 1.29 is 9.90 Å². The number of phenolic OH excluding ortho intramolecular Hbond substituents is 1. The molecule has 1 aromatic rings. The Balaban J connectivity index is 2.00. The maximum atomic E-state index is 11.6. The molecule has 1 aliphatic rings. The number of rotatable bonds is 1. The van der Waals surface area contributed by atoms with E-state index in [-0.39, 0.29) is 11.8 Å². The summed E-state index contributed by atoms with van der Waals surface area (Å²) >= 11 is 0. The molecule has 2 amide bonds. The summed E-state index contributed by atoms with van der Waals surface area (Å²) in [7, 11) is 1.93. The highest BCUT2D eigenvalue weighted by molar-refractivity contribution is 6.00. The number of hydrogen-bond acceptors (Lipinski definition) is 2. The minimum absolute atomic E-state index is 0.171. The number of nitrogens with one attached hydrogen (secondary N) is 1. The van der Waals surface area contributed by atoms with Crippen molar-refractivity contribution in [1.29, 1.82) is 0 Å². The second-order valence-corrected chi connectivity index (χ2v) is 4.03. The van der Waals surface area contributed by atoms with Gasteiger partial charge >= 0.3 is 6.03 Å². The number of carbonyl (C=O) groups excluding carboxylic acids is 1. The average molecular weight is 233 g/mol. The highest BCUT2D eigenvalue weighted by atomic mass is 16.3. The van der Waals surface area contributed by atoms with Crippen LogP contribution in [0.25, 0.3) is 0 Å². The van der Waals surface area contributed by atoms with Gasteiger partial charge in [-0.3, -0.25) is 0 Å². The highest BCUT2D eigenvalue weighted by Crippen LogP contribution is 2.14. The number of urea groups is 1. The van der Waals surface area contributed by atoms with Gasteiger partial charge in [-0.15, -0.1) is 0 Å². The molecule has 0 unspecified atom stereocenters. The third kappa shape index (κ3) is 2.96. The normalized spacial score (nSPS) is 17.5. The summed E-state index contributed by atoms with van der Waals surface area (Å²) in [4.78, 5) is 17.6. The fourth-order valence-corrected chi connectivity index (χ4v) is 1.75. The molecule has 17 heavy (non-hydrogen) atoms. The molecule has 0 radical (unpaired) electrons. The Bertz CT molecular complexity index is 440. The first-order valence-electron chi connectivity index (χ1n) is 5.54. The minimum atomic E-state index is -0.376. The zero-order chi connectivity index (χ0) is 12.3. The van der Waals surface area contributed by atoms with Crippen molar-refractivity contribution in [2.45, 2.75) is 12.8 Å².